The van der Waals surface area contributed by atoms with Gasteiger partial charge in [0.1, 0.15) is 11.9 Å². The lowest BCUT2D eigenvalue weighted by atomic mass is 10.1. The summed E-state index contributed by atoms with van der Waals surface area (Å²) in [5, 5.41) is 10.6. The summed E-state index contributed by atoms with van der Waals surface area (Å²) in [7, 11) is 1.63. The number of hydrogen-bond acceptors (Lipinski definition) is 5. The number of aromatic nitrogens is 1. The minimum atomic E-state index is -0.686. The van der Waals surface area contributed by atoms with Crippen molar-refractivity contribution in [3.63, 3.8) is 0 Å². The minimum absolute atomic E-state index is 0.462. The van der Waals surface area contributed by atoms with Crippen molar-refractivity contribution in [3.05, 3.63) is 40.4 Å². The highest BCUT2D eigenvalue weighted by Crippen LogP contribution is 2.30. The second-order valence-electron chi connectivity index (χ2n) is 3.73. The SMILES string of the molecule is COc1ccc(C(O)c2cnc(N)s2)cc1C. The van der Waals surface area contributed by atoms with Crippen LogP contribution in [-0.2, 0) is 0 Å². The van der Waals surface area contributed by atoms with Crippen LogP contribution in [0.25, 0.3) is 0 Å². The number of aliphatic hydroxyl groups is 1. The van der Waals surface area contributed by atoms with E-state index in [0.717, 1.165) is 21.8 Å². The summed E-state index contributed by atoms with van der Waals surface area (Å²) in [5.41, 5.74) is 7.35. The smallest absolute Gasteiger partial charge is 0.180 e. The predicted molar refractivity (Wildman–Crippen MR) is 68.3 cm³/mol. The molecular formula is C12H14N2O2S. The van der Waals surface area contributed by atoms with E-state index in [2.05, 4.69) is 4.98 Å². The van der Waals surface area contributed by atoms with Crippen LogP contribution in [0.1, 0.15) is 22.1 Å². The van der Waals surface area contributed by atoms with Crippen LogP contribution < -0.4 is 10.5 Å². The van der Waals surface area contributed by atoms with Crippen molar-refractivity contribution in [2.75, 3.05) is 12.8 Å². The average molecular weight is 250 g/mol. The van der Waals surface area contributed by atoms with E-state index >= 15 is 0 Å². The fourth-order valence-electron chi connectivity index (χ4n) is 1.66. The molecule has 0 aliphatic heterocycles. The summed E-state index contributed by atoms with van der Waals surface area (Å²) in [6.07, 6.45) is 0.916. The number of rotatable bonds is 3. The first-order valence-electron chi connectivity index (χ1n) is 5.15. The number of anilines is 1. The van der Waals surface area contributed by atoms with Gasteiger partial charge in [-0.3, -0.25) is 0 Å². The maximum atomic E-state index is 10.2. The van der Waals surface area contributed by atoms with Crippen molar-refractivity contribution >= 4 is 16.5 Å². The van der Waals surface area contributed by atoms with Gasteiger partial charge >= 0.3 is 0 Å². The number of nitrogen functional groups attached to an aromatic ring is 1. The topological polar surface area (TPSA) is 68.4 Å². The normalized spacial score (nSPS) is 12.4. The van der Waals surface area contributed by atoms with Gasteiger partial charge in [0.15, 0.2) is 5.13 Å². The highest BCUT2D eigenvalue weighted by atomic mass is 32.1. The molecule has 0 saturated heterocycles. The van der Waals surface area contributed by atoms with Gasteiger partial charge in [-0.15, -0.1) is 0 Å². The molecule has 0 aliphatic rings. The molecule has 0 saturated carbocycles. The van der Waals surface area contributed by atoms with Gasteiger partial charge in [0.25, 0.3) is 0 Å². The minimum Gasteiger partial charge on any atom is -0.496 e. The lowest BCUT2D eigenvalue weighted by Crippen LogP contribution is -1.98. The van der Waals surface area contributed by atoms with Crippen molar-refractivity contribution in [3.8, 4) is 5.75 Å². The Morgan fingerprint density at radius 1 is 1.47 bits per heavy atom. The lowest BCUT2D eigenvalue weighted by Gasteiger charge is -2.11. The van der Waals surface area contributed by atoms with E-state index in [9.17, 15) is 5.11 Å². The van der Waals surface area contributed by atoms with Crippen LogP contribution in [-0.4, -0.2) is 17.2 Å². The Morgan fingerprint density at radius 2 is 2.24 bits per heavy atom. The molecule has 2 rings (SSSR count). The lowest BCUT2D eigenvalue weighted by molar-refractivity contribution is 0.223. The zero-order valence-electron chi connectivity index (χ0n) is 9.68. The number of methoxy groups -OCH3 is 1. The quantitative estimate of drug-likeness (QED) is 0.875. The Balaban J connectivity index is 2.31. The average Bonchev–Trinajstić information content (AvgIpc) is 2.75. The molecule has 1 aromatic heterocycles. The van der Waals surface area contributed by atoms with Crippen LogP contribution in [0.3, 0.4) is 0 Å². The fourth-order valence-corrected chi connectivity index (χ4v) is 2.36. The molecule has 5 heteroatoms. The molecule has 2 aromatic rings. The number of hydrogen-bond donors (Lipinski definition) is 2. The Morgan fingerprint density at radius 3 is 2.76 bits per heavy atom. The number of nitrogens with zero attached hydrogens (tertiary/aromatic N) is 1. The molecule has 0 spiro atoms. The Hall–Kier alpha value is -1.59. The van der Waals surface area contributed by atoms with Crippen molar-refractivity contribution < 1.29 is 9.84 Å². The van der Waals surface area contributed by atoms with Crippen LogP contribution in [0.5, 0.6) is 5.75 Å². The number of benzene rings is 1. The first-order valence-corrected chi connectivity index (χ1v) is 5.97. The van der Waals surface area contributed by atoms with Gasteiger partial charge < -0.3 is 15.6 Å². The van der Waals surface area contributed by atoms with Crippen molar-refractivity contribution in [2.24, 2.45) is 0 Å². The summed E-state index contributed by atoms with van der Waals surface area (Å²) < 4.78 is 5.18. The largest absolute Gasteiger partial charge is 0.496 e. The molecule has 1 heterocycles. The van der Waals surface area contributed by atoms with Crippen molar-refractivity contribution in [2.45, 2.75) is 13.0 Å². The molecule has 1 unspecified atom stereocenters. The monoisotopic (exact) mass is 250 g/mol. The maximum absolute atomic E-state index is 10.2. The molecule has 4 nitrogen and oxygen atoms in total. The van der Waals surface area contributed by atoms with E-state index in [1.165, 1.54) is 11.3 Å². The third-order valence-corrected chi connectivity index (χ3v) is 3.42. The third kappa shape index (κ3) is 2.40. The van der Waals surface area contributed by atoms with E-state index in [0.29, 0.717) is 5.13 Å². The second-order valence-corrected chi connectivity index (χ2v) is 4.83. The van der Waals surface area contributed by atoms with Gasteiger partial charge in [0, 0.05) is 6.20 Å². The van der Waals surface area contributed by atoms with Crippen molar-refractivity contribution in [1.82, 2.24) is 4.98 Å². The third-order valence-electron chi connectivity index (χ3n) is 2.55. The number of aliphatic hydroxyl groups excluding tert-OH is 1. The zero-order valence-corrected chi connectivity index (χ0v) is 10.5. The van der Waals surface area contributed by atoms with Gasteiger partial charge in [-0.05, 0) is 30.2 Å². The summed E-state index contributed by atoms with van der Waals surface area (Å²) in [6, 6.07) is 5.59. The molecule has 0 amide bonds. The zero-order chi connectivity index (χ0) is 12.4. The molecule has 0 radical (unpaired) electrons. The van der Waals surface area contributed by atoms with E-state index in [1.54, 1.807) is 13.3 Å². The van der Waals surface area contributed by atoms with Crippen LogP contribution in [0.2, 0.25) is 0 Å². The van der Waals surface area contributed by atoms with Crippen LogP contribution in [0.4, 0.5) is 5.13 Å². The highest BCUT2D eigenvalue weighted by Gasteiger charge is 2.14. The molecular weight excluding hydrogens is 236 g/mol. The van der Waals surface area contributed by atoms with Gasteiger partial charge in [0.2, 0.25) is 0 Å². The number of nitrogens with two attached hydrogens (primary N) is 1. The summed E-state index contributed by atoms with van der Waals surface area (Å²) >= 11 is 1.29. The molecule has 0 fully saturated rings. The first kappa shape index (κ1) is 11.9. The Kier molecular flexibility index (Phi) is 3.31. The standard InChI is InChI=1S/C12H14N2O2S/c1-7-5-8(3-4-9(7)16-2)11(15)10-6-14-12(13)17-10/h3-6,11,15H,1-2H3,(H2,13,14). The maximum Gasteiger partial charge on any atom is 0.180 e. The summed E-state index contributed by atoms with van der Waals surface area (Å²) in [4.78, 5) is 4.67. The van der Waals surface area contributed by atoms with Crippen molar-refractivity contribution in [1.29, 1.82) is 0 Å². The van der Waals surface area contributed by atoms with E-state index in [-0.39, 0.29) is 0 Å². The molecule has 90 valence electrons. The number of aryl methyl sites for hydroxylation is 1. The van der Waals surface area contributed by atoms with E-state index in [1.807, 2.05) is 25.1 Å². The fraction of sp³-hybridized carbons (Fsp3) is 0.250. The second kappa shape index (κ2) is 4.73. The highest BCUT2D eigenvalue weighted by molar-refractivity contribution is 7.15. The van der Waals surface area contributed by atoms with E-state index < -0.39 is 6.10 Å². The van der Waals surface area contributed by atoms with Gasteiger partial charge in [0.05, 0.1) is 12.0 Å². The molecule has 1 atom stereocenters. The Bertz CT molecular complexity index is 525. The van der Waals surface area contributed by atoms with Gasteiger partial charge in [-0.2, -0.15) is 0 Å². The molecule has 0 bridgehead atoms. The first-order chi connectivity index (χ1) is 8.11. The van der Waals surface area contributed by atoms with Crippen LogP contribution >= 0.6 is 11.3 Å². The van der Waals surface area contributed by atoms with Gasteiger partial charge in [-0.25, -0.2) is 4.98 Å². The van der Waals surface area contributed by atoms with E-state index in [4.69, 9.17) is 10.5 Å². The molecule has 17 heavy (non-hydrogen) atoms. The molecule has 3 N–H and O–H groups in total. The number of ether oxygens (including phenoxy) is 1. The summed E-state index contributed by atoms with van der Waals surface area (Å²) in [6.45, 7) is 1.94. The van der Waals surface area contributed by atoms with Gasteiger partial charge in [-0.1, -0.05) is 17.4 Å². The predicted octanol–water partition coefficient (Wildman–Crippen LogP) is 2.12. The van der Waals surface area contributed by atoms with Crippen LogP contribution in [0.15, 0.2) is 24.4 Å². The molecule has 1 aromatic carbocycles. The Labute approximate surface area is 104 Å². The number of thiazole rings is 1. The van der Waals surface area contributed by atoms with Crippen LogP contribution in [0, 0.1) is 6.92 Å². The molecule has 0 aliphatic carbocycles. The summed E-state index contributed by atoms with van der Waals surface area (Å²) in [5.74, 6) is 0.810.